The second-order valence-electron chi connectivity index (χ2n) is 8.01. The number of hydrogen-bond acceptors (Lipinski definition) is 7. The highest BCUT2D eigenvalue weighted by atomic mass is 32.1. The van der Waals surface area contributed by atoms with E-state index < -0.39 is 17.9 Å². The van der Waals surface area contributed by atoms with Gasteiger partial charge in [0.15, 0.2) is 5.11 Å². The van der Waals surface area contributed by atoms with Crippen molar-refractivity contribution in [2.75, 3.05) is 32.9 Å². The maximum Gasteiger partial charge on any atom is 0.308 e. The summed E-state index contributed by atoms with van der Waals surface area (Å²) in [6.07, 6.45) is 3.55. The molecule has 0 aromatic heterocycles. The third-order valence-electron chi connectivity index (χ3n) is 5.51. The monoisotopic (exact) mass is 477 g/mol. The van der Waals surface area contributed by atoms with Gasteiger partial charge in [0.25, 0.3) is 5.91 Å². The number of rotatable bonds is 9. The van der Waals surface area contributed by atoms with Crippen LogP contribution in [0.4, 0.5) is 0 Å². The molecule has 3 rings (SSSR count). The highest BCUT2D eigenvalue weighted by Gasteiger charge is 2.34. The van der Waals surface area contributed by atoms with Gasteiger partial charge in [0, 0.05) is 25.3 Å². The van der Waals surface area contributed by atoms with Gasteiger partial charge < -0.3 is 24.4 Å². The van der Waals surface area contributed by atoms with Crippen LogP contribution in [0.1, 0.15) is 49.4 Å². The number of piperazine rings is 1. The Labute approximate surface area is 199 Å². The fraction of sp³-hybridized carbons (Fsp3) is 0.565. The van der Waals surface area contributed by atoms with Gasteiger partial charge in [-0.05, 0) is 55.7 Å². The molecule has 2 heterocycles. The average molecular weight is 478 g/mol. The minimum Gasteiger partial charge on any atom is -0.494 e. The van der Waals surface area contributed by atoms with Gasteiger partial charge in [-0.1, -0.05) is 13.3 Å². The third-order valence-corrected chi connectivity index (χ3v) is 5.85. The van der Waals surface area contributed by atoms with Crippen molar-refractivity contribution in [3.8, 4) is 5.75 Å². The summed E-state index contributed by atoms with van der Waals surface area (Å²) in [5.41, 5.74) is 0.411. The molecule has 2 aliphatic rings. The summed E-state index contributed by atoms with van der Waals surface area (Å²) in [6, 6.07) is 5.92. The van der Waals surface area contributed by atoms with Crippen LogP contribution in [0, 0.1) is 0 Å². The van der Waals surface area contributed by atoms with Crippen LogP contribution in [0.25, 0.3) is 0 Å². The minimum absolute atomic E-state index is 0.0889. The van der Waals surface area contributed by atoms with Crippen LogP contribution < -0.4 is 15.4 Å². The molecular formula is C23H31N3O6S. The summed E-state index contributed by atoms with van der Waals surface area (Å²) in [6.45, 7) is 4.29. The van der Waals surface area contributed by atoms with E-state index in [9.17, 15) is 14.4 Å². The Bertz CT molecular complexity index is 841. The third kappa shape index (κ3) is 7.40. The van der Waals surface area contributed by atoms with Crippen molar-refractivity contribution in [2.24, 2.45) is 0 Å². The first-order chi connectivity index (χ1) is 16.0. The van der Waals surface area contributed by atoms with Gasteiger partial charge >= 0.3 is 5.97 Å². The molecule has 9 nitrogen and oxygen atoms in total. The Kier molecular flexibility index (Phi) is 9.44. The molecule has 2 fully saturated rings. The molecule has 0 spiro atoms. The lowest BCUT2D eigenvalue weighted by Gasteiger charge is -2.36. The Morgan fingerprint density at radius 2 is 2.09 bits per heavy atom. The Balaban J connectivity index is 1.54. The normalized spacial score (nSPS) is 20.2. The number of nitrogens with one attached hydrogen (secondary N) is 2. The first kappa shape index (κ1) is 24.9. The molecule has 2 amide bonds. The molecule has 0 aliphatic carbocycles. The van der Waals surface area contributed by atoms with E-state index in [1.54, 1.807) is 29.2 Å². The van der Waals surface area contributed by atoms with Gasteiger partial charge in [0.2, 0.25) is 5.91 Å². The predicted octanol–water partition coefficient (Wildman–Crippen LogP) is 1.79. The first-order valence-corrected chi connectivity index (χ1v) is 11.8. The van der Waals surface area contributed by atoms with Crippen molar-refractivity contribution in [3.63, 3.8) is 0 Å². The molecule has 1 aromatic carbocycles. The Hall–Kier alpha value is -2.72. The van der Waals surface area contributed by atoms with Gasteiger partial charge in [0.1, 0.15) is 18.4 Å². The van der Waals surface area contributed by atoms with Gasteiger partial charge in [-0.2, -0.15) is 0 Å². The first-order valence-electron chi connectivity index (χ1n) is 11.4. The van der Waals surface area contributed by atoms with Crippen molar-refractivity contribution in [3.05, 3.63) is 29.8 Å². The lowest BCUT2D eigenvalue weighted by molar-refractivity contribution is -0.150. The summed E-state index contributed by atoms with van der Waals surface area (Å²) in [4.78, 5) is 39.0. The van der Waals surface area contributed by atoms with E-state index in [0.29, 0.717) is 37.6 Å². The second kappa shape index (κ2) is 12.5. The lowest BCUT2D eigenvalue weighted by Crippen LogP contribution is -2.60. The summed E-state index contributed by atoms with van der Waals surface area (Å²) in [7, 11) is 0. The SMILES string of the molecule is CCCCOc1ccc(C(=O)NC(=S)N2CCNC(=O)C2CC(=O)OCC2CCCO2)cc1. The van der Waals surface area contributed by atoms with Gasteiger partial charge in [-0.25, -0.2) is 0 Å². The summed E-state index contributed by atoms with van der Waals surface area (Å²) >= 11 is 5.40. The molecule has 2 N–H and O–H groups in total. The highest BCUT2D eigenvalue weighted by Crippen LogP contribution is 2.16. The van der Waals surface area contributed by atoms with Crippen LogP contribution in [0.15, 0.2) is 24.3 Å². The van der Waals surface area contributed by atoms with Crippen molar-refractivity contribution >= 4 is 35.1 Å². The van der Waals surface area contributed by atoms with Crippen molar-refractivity contribution < 1.29 is 28.6 Å². The van der Waals surface area contributed by atoms with E-state index in [-0.39, 0.29) is 30.2 Å². The molecule has 2 saturated heterocycles. The summed E-state index contributed by atoms with van der Waals surface area (Å²) in [5, 5.41) is 5.49. The highest BCUT2D eigenvalue weighted by molar-refractivity contribution is 7.80. The van der Waals surface area contributed by atoms with E-state index in [2.05, 4.69) is 17.6 Å². The topological polar surface area (TPSA) is 106 Å². The molecule has 10 heteroatoms. The number of carbonyl (C=O) groups is 3. The largest absolute Gasteiger partial charge is 0.494 e. The maximum absolute atomic E-state index is 12.7. The zero-order chi connectivity index (χ0) is 23.6. The Morgan fingerprint density at radius 3 is 2.79 bits per heavy atom. The number of thiocarbonyl (C=S) groups is 1. The van der Waals surface area contributed by atoms with Crippen LogP contribution in [0.2, 0.25) is 0 Å². The molecule has 0 radical (unpaired) electrons. The van der Waals surface area contributed by atoms with Crippen LogP contribution in [0.3, 0.4) is 0 Å². The van der Waals surface area contributed by atoms with Crippen molar-refractivity contribution in [1.82, 2.24) is 15.5 Å². The summed E-state index contributed by atoms with van der Waals surface area (Å²) in [5.74, 6) is -0.548. The van der Waals surface area contributed by atoms with E-state index in [4.69, 9.17) is 26.4 Å². The van der Waals surface area contributed by atoms with Gasteiger partial charge in [-0.15, -0.1) is 0 Å². The fourth-order valence-electron chi connectivity index (χ4n) is 3.62. The molecule has 2 unspecified atom stereocenters. The quantitative estimate of drug-likeness (QED) is 0.315. The second-order valence-corrected chi connectivity index (χ2v) is 8.39. The van der Waals surface area contributed by atoms with E-state index in [1.807, 2.05) is 0 Å². The number of unbranched alkanes of at least 4 members (excludes halogenated alkanes) is 1. The minimum atomic E-state index is -0.849. The molecule has 2 aliphatic heterocycles. The van der Waals surface area contributed by atoms with E-state index >= 15 is 0 Å². The van der Waals surface area contributed by atoms with Crippen LogP contribution >= 0.6 is 12.2 Å². The number of carbonyl (C=O) groups excluding carboxylic acids is 3. The number of benzene rings is 1. The standard InChI is InChI=1S/C23H31N3O6S/c1-2-3-12-30-17-8-6-16(7-9-17)21(28)25-23(33)26-11-10-24-22(29)19(26)14-20(27)32-15-18-5-4-13-31-18/h6-9,18-19H,2-5,10-15H2,1H3,(H,24,29)(H,25,28,33). The van der Waals surface area contributed by atoms with Crippen molar-refractivity contribution in [1.29, 1.82) is 0 Å². The zero-order valence-electron chi connectivity index (χ0n) is 18.8. The zero-order valence-corrected chi connectivity index (χ0v) is 19.7. The van der Waals surface area contributed by atoms with E-state index in [1.165, 1.54) is 0 Å². The molecule has 1 aromatic rings. The van der Waals surface area contributed by atoms with E-state index in [0.717, 1.165) is 25.7 Å². The van der Waals surface area contributed by atoms with Crippen LogP contribution in [-0.2, 0) is 19.1 Å². The molecule has 0 bridgehead atoms. The molecular weight excluding hydrogens is 446 g/mol. The van der Waals surface area contributed by atoms with Crippen LogP contribution in [0.5, 0.6) is 5.75 Å². The maximum atomic E-state index is 12.7. The van der Waals surface area contributed by atoms with Gasteiger partial charge in [0.05, 0.1) is 19.1 Å². The predicted molar refractivity (Wildman–Crippen MR) is 125 cm³/mol. The molecule has 33 heavy (non-hydrogen) atoms. The molecule has 2 atom stereocenters. The Morgan fingerprint density at radius 1 is 1.30 bits per heavy atom. The number of ether oxygens (including phenoxy) is 3. The van der Waals surface area contributed by atoms with Crippen molar-refractivity contribution in [2.45, 2.75) is 51.2 Å². The summed E-state index contributed by atoms with van der Waals surface area (Å²) < 4.78 is 16.3. The smallest absolute Gasteiger partial charge is 0.308 e. The number of amides is 2. The average Bonchev–Trinajstić information content (AvgIpc) is 3.33. The van der Waals surface area contributed by atoms with Gasteiger partial charge in [-0.3, -0.25) is 19.7 Å². The fourth-order valence-corrected chi connectivity index (χ4v) is 3.93. The number of esters is 1. The molecule has 0 saturated carbocycles. The number of nitrogens with zero attached hydrogens (tertiary/aromatic N) is 1. The van der Waals surface area contributed by atoms with Crippen LogP contribution in [-0.4, -0.2) is 72.9 Å². The molecule has 180 valence electrons. The lowest BCUT2D eigenvalue weighted by atomic mass is 10.1. The number of hydrogen-bond donors (Lipinski definition) is 2.